The SMILES string of the molecule is CCOc1ccc(-n2c(C)cc3c2CC(C)(C)CC3=O)cc1. The van der Waals surface area contributed by atoms with Crippen molar-refractivity contribution in [2.75, 3.05) is 6.61 Å². The molecule has 22 heavy (non-hydrogen) atoms. The number of ether oxygens (including phenoxy) is 1. The third-order valence-corrected chi connectivity index (χ3v) is 4.28. The molecule has 0 aliphatic heterocycles. The van der Waals surface area contributed by atoms with Crippen LogP contribution in [0, 0.1) is 12.3 Å². The van der Waals surface area contributed by atoms with Gasteiger partial charge >= 0.3 is 0 Å². The molecule has 0 radical (unpaired) electrons. The summed E-state index contributed by atoms with van der Waals surface area (Å²) in [4.78, 5) is 12.4. The molecule has 0 amide bonds. The van der Waals surface area contributed by atoms with Crippen LogP contribution in [-0.4, -0.2) is 17.0 Å². The summed E-state index contributed by atoms with van der Waals surface area (Å²) in [6.07, 6.45) is 1.56. The highest BCUT2D eigenvalue weighted by Crippen LogP contribution is 2.37. The Balaban J connectivity index is 2.07. The fraction of sp³-hybridized carbons (Fsp3) is 0.421. The summed E-state index contributed by atoms with van der Waals surface area (Å²) in [5.74, 6) is 1.14. The molecule has 0 saturated heterocycles. The van der Waals surface area contributed by atoms with Crippen LogP contribution in [0.1, 0.15) is 48.9 Å². The number of hydrogen-bond acceptors (Lipinski definition) is 2. The second-order valence-electron chi connectivity index (χ2n) is 6.85. The van der Waals surface area contributed by atoms with Crippen LogP contribution in [0.25, 0.3) is 5.69 Å². The molecule has 0 fully saturated rings. The molecule has 1 aliphatic carbocycles. The van der Waals surface area contributed by atoms with Crippen LogP contribution in [-0.2, 0) is 6.42 Å². The molecule has 0 saturated carbocycles. The molecule has 3 heteroatoms. The number of fused-ring (bicyclic) bond motifs is 1. The number of carbonyl (C=O) groups is 1. The highest BCUT2D eigenvalue weighted by molar-refractivity contribution is 5.99. The predicted octanol–water partition coefficient (Wildman–Crippen LogP) is 4.34. The van der Waals surface area contributed by atoms with Gasteiger partial charge in [-0.3, -0.25) is 4.79 Å². The fourth-order valence-corrected chi connectivity index (χ4v) is 3.37. The van der Waals surface area contributed by atoms with E-state index in [4.69, 9.17) is 4.74 Å². The molecule has 3 rings (SSSR count). The first kappa shape index (κ1) is 14.9. The number of aryl methyl sites for hydroxylation is 1. The first-order chi connectivity index (χ1) is 10.4. The van der Waals surface area contributed by atoms with Crippen molar-refractivity contribution in [2.24, 2.45) is 5.41 Å². The van der Waals surface area contributed by atoms with Gasteiger partial charge in [0.05, 0.1) is 6.61 Å². The zero-order chi connectivity index (χ0) is 15.9. The van der Waals surface area contributed by atoms with Crippen LogP contribution in [0.15, 0.2) is 30.3 Å². The van der Waals surface area contributed by atoms with Crippen molar-refractivity contribution < 1.29 is 9.53 Å². The zero-order valence-electron chi connectivity index (χ0n) is 13.8. The monoisotopic (exact) mass is 297 g/mol. The summed E-state index contributed by atoms with van der Waals surface area (Å²) in [5.41, 5.74) is 4.26. The van der Waals surface area contributed by atoms with Crippen molar-refractivity contribution in [2.45, 2.75) is 40.5 Å². The second-order valence-corrected chi connectivity index (χ2v) is 6.85. The van der Waals surface area contributed by atoms with Crippen LogP contribution in [0.4, 0.5) is 0 Å². The van der Waals surface area contributed by atoms with Crippen LogP contribution >= 0.6 is 0 Å². The maximum absolute atomic E-state index is 12.4. The summed E-state index contributed by atoms with van der Waals surface area (Å²) < 4.78 is 7.72. The van der Waals surface area contributed by atoms with Gasteiger partial charge in [-0.15, -0.1) is 0 Å². The molecular formula is C19H23NO2. The van der Waals surface area contributed by atoms with Gasteiger partial charge < -0.3 is 9.30 Å². The van der Waals surface area contributed by atoms with Crippen molar-refractivity contribution in [1.82, 2.24) is 4.57 Å². The molecular weight excluding hydrogens is 274 g/mol. The van der Waals surface area contributed by atoms with E-state index in [0.717, 1.165) is 34.8 Å². The molecule has 0 N–H and O–H groups in total. The molecule has 1 aromatic carbocycles. The Hall–Kier alpha value is -2.03. The summed E-state index contributed by atoms with van der Waals surface area (Å²) in [5, 5.41) is 0. The Kier molecular flexibility index (Phi) is 3.59. The van der Waals surface area contributed by atoms with Crippen molar-refractivity contribution in [1.29, 1.82) is 0 Å². The lowest BCUT2D eigenvalue weighted by molar-refractivity contribution is 0.0911. The van der Waals surface area contributed by atoms with Gasteiger partial charge in [-0.1, -0.05) is 13.8 Å². The van der Waals surface area contributed by atoms with E-state index in [9.17, 15) is 4.79 Å². The standard InChI is InChI=1S/C19H23NO2/c1-5-22-15-8-6-14(7-9-15)20-13(2)10-16-17(20)11-19(3,4)12-18(16)21/h6-10H,5,11-12H2,1-4H3. The number of Topliss-reactive ketones (excluding diaryl/α,β-unsaturated/α-hetero) is 1. The van der Waals surface area contributed by atoms with E-state index in [1.807, 2.05) is 25.1 Å². The van der Waals surface area contributed by atoms with Gasteiger partial charge in [0.2, 0.25) is 0 Å². The number of hydrogen-bond donors (Lipinski definition) is 0. The first-order valence-electron chi connectivity index (χ1n) is 7.89. The molecule has 0 unspecified atom stereocenters. The Bertz CT molecular complexity index is 708. The third kappa shape index (κ3) is 2.56. The normalized spacial score (nSPS) is 16.5. The Morgan fingerprint density at radius 1 is 1.18 bits per heavy atom. The molecule has 3 nitrogen and oxygen atoms in total. The number of carbonyl (C=O) groups excluding carboxylic acids is 1. The molecule has 1 heterocycles. The van der Waals surface area contributed by atoms with E-state index >= 15 is 0 Å². The largest absolute Gasteiger partial charge is 0.494 e. The van der Waals surface area contributed by atoms with Gasteiger partial charge in [-0.25, -0.2) is 0 Å². The first-order valence-corrected chi connectivity index (χ1v) is 7.89. The van der Waals surface area contributed by atoms with E-state index < -0.39 is 0 Å². The molecule has 1 aromatic heterocycles. The Labute approximate surface area is 131 Å². The van der Waals surface area contributed by atoms with Gasteiger partial charge in [0.25, 0.3) is 0 Å². The van der Waals surface area contributed by atoms with Crippen LogP contribution in [0.3, 0.4) is 0 Å². The van der Waals surface area contributed by atoms with Gasteiger partial charge in [-0.2, -0.15) is 0 Å². The van der Waals surface area contributed by atoms with Gasteiger partial charge in [0.15, 0.2) is 5.78 Å². The van der Waals surface area contributed by atoms with Gasteiger partial charge in [0.1, 0.15) is 5.75 Å². The number of rotatable bonds is 3. The van der Waals surface area contributed by atoms with Crippen LogP contribution < -0.4 is 4.74 Å². The minimum absolute atomic E-state index is 0.0257. The average molecular weight is 297 g/mol. The van der Waals surface area contributed by atoms with E-state index in [-0.39, 0.29) is 11.2 Å². The smallest absolute Gasteiger partial charge is 0.165 e. The summed E-state index contributed by atoms with van der Waals surface area (Å²) in [6, 6.07) is 10.1. The van der Waals surface area contributed by atoms with E-state index in [2.05, 4.69) is 37.5 Å². The van der Waals surface area contributed by atoms with E-state index in [1.165, 1.54) is 0 Å². The Morgan fingerprint density at radius 3 is 2.50 bits per heavy atom. The lowest BCUT2D eigenvalue weighted by Crippen LogP contribution is -2.27. The number of nitrogens with zero attached hydrogens (tertiary/aromatic N) is 1. The highest BCUT2D eigenvalue weighted by Gasteiger charge is 2.34. The molecule has 0 bridgehead atoms. The quantitative estimate of drug-likeness (QED) is 0.844. The maximum Gasteiger partial charge on any atom is 0.165 e. The summed E-state index contributed by atoms with van der Waals surface area (Å²) in [7, 11) is 0. The van der Waals surface area contributed by atoms with E-state index in [1.54, 1.807) is 0 Å². The highest BCUT2D eigenvalue weighted by atomic mass is 16.5. The topological polar surface area (TPSA) is 31.2 Å². The number of aromatic nitrogens is 1. The fourth-order valence-electron chi connectivity index (χ4n) is 3.37. The second kappa shape index (κ2) is 5.31. The van der Waals surface area contributed by atoms with Crippen LogP contribution in [0.5, 0.6) is 5.75 Å². The third-order valence-electron chi connectivity index (χ3n) is 4.28. The molecule has 116 valence electrons. The predicted molar refractivity (Wildman–Crippen MR) is 88.1 cm³/mol. The lowest BCUT2D eigenvalue weighted by atomic mass is 9.76. The van der Waals surface area contributed by atoms with Crippen LogP contribution in [0.2, 0.25) is 0 Å². The van der Waals surface area contributed by atoms with Crippen molar-refractivity contribution in [3.8, 4) is 11.4 Å². The summed E-state index contributed by atoms with van der Waals surface area (Å²) >= 11 is 0. The van der Waals surface area contributed by atoms with Crippen molar-refractivity contribution in [3.05, 3.63) is 47.3 Å². The summed E-state index contributed by atoms with van der Waals surface area (Å²) in [6.45, 7) is 9.04. The van der Waals surface area contributed by atoms with E-state index in [0.29, 0.717) is 13.0 Å². The molecule has 0 atom stereocenters. The van der Waals surface area contributed by atoms with Gasteiger partial charge in [-0.05, 0) is 56.0 Å². The number of benzene rings is 1. The minimum atomic E-state index is 0.0257. The van der Waals surface area contributed by atoms with Gasteiger partial charge in [0, 0.05) is 29.1 Å². The number of ketones is 1. The lowest BCUT2D eigenvalue weighted by Gasteiger charge is -2.29. The molecule has 2 aromatic rings. The zero-order valence-corrected chi connectivity index (χ0v) is 13.8. The molecule has 0 spiro atoms. The van der Waals surface area contributed by atoms with Crippen molar-refractivity contribution in [3.63, 3.8) is 0 Å². The average Bonchev–Trinajstić information content (AvgIpc) is 2.76. The molecule has 1 aliphatic rings. The minimum Gasteiger partial charge on any atom is -0.494 e. The Morgan fingerprint density at radius 2 is 1.86 bits per heavy atom. The van der Waals surface area contributed by atoms with Crippen molar-refractivity contribution >= 4 is 5.78 Å². The maximum atomic E-state index is 12.4.